The molecule has 0 saturated heterocycles. The smallest absolute Gasteiger partial charge is 0.321 e. The Morgan fingerprint density at radius 1 is 0.926 bits per heavy atom. The van der Waals surface area contributed by atoms with Crippen LogP contribution in [-0.4, -0.2) is 36.6 Å². The fourth-order valence-corrected chi connectivity index (χ4v) is 3.78. The second-order valence-electron chi connectivity index (χ2n) is 7.09. The Labute approximate surface area is 164 Å². The molecular weight excluding hydrogens is 334 g/mol. The minimum atomic E-state index is -0.769. The van der Waals surface area contributed by atoms with E-state index in [2.05, 4.69) is 25.7 Å². The molecule has 0 fully saturated rings. The molecule has 146 valence electrons. The summed E-state index contributed by atoms with van der Waals surface area (Å²) in [6.07, 6.45) is 1.46. The lowest BCUT2D eigenvalue weighted by molar-refractivity contribution is -0.154. The Kier molecular flexibility index (Phi) is 8.05. The van der Waals surface area contributed by atoms with Crippen molar-refractivity contribution >= 4 is 5.97 Å². The quantitative estimate of drug-likeness (QED) is 0.551. The van der Waals surface area contributed by atoms with Crippen LogP contribution in [-0.2, 0) is 14.9 Å². The number of likely N-dealkylation sites (N-methyl/N-ethyl adjacent to an activating group) is 1. The number of esters is 1. The third kappa shape index (κ3) is 4.98. The van der Waals surface area contributed by atoms with E-state index >= 15 is 0 Å². The topological polar surface area (TPSA) is 29.5 Å². The van der Waals surface area contributed by atoms with Crippen molar-refractivity contribution in [2.45, 2.75) is 52.1 Å². The Bertz CT molecular complexity index is 641. The largest absolute Gasteiger partial charge is 0.460 e. The third-order valence-electron chi connectivity index (χ3n) is 5.22. The van der Waals surface area contributed by atoms with Crippen LogP contribution >= 0.6 is 0 Å². The molecule has 0 aliphatic heterocycles. The van der Waals surface area contributed by atoms with Crippen molar-refractivity contribution in [1.29, 1.82) is 0 Å². The van der Waals surface area contributed by atoms with Crippen molar-refractivity contribution in [3.8, 4) is 0 Å². The Morgan fingerprint density at radius 3 is 1.81 bits per heavy atom. The molecule has 2 aromatic rings. The highest BCUT2D eigenvalue weighted by atomic mass is 16.5. The van der Waals surface area contributed by atoms with Crippen molar-refractivity contribution in [3.63, 3.8) is 0 Å². The number of hydrogen-bond acceptors (Lipinski definition) is 3. The lowest BCUT2D eigenvalue weighted by atomic mass is 9.71. The third-order valence-corrected chi connectivity index (χ3v) is 5.22. The first-order valence-electron chi connectivity index (χ1n) is 10.1. The summed E-state index contributed by atoms with van der Waals surface area (Å²) in [6.45, 7) is 11.0. The number of ether oxygens (including phenoxy) is 1. The molecule has 2 rings (SSSR count). The van der Waals surface area contributed by atoms with Crippen LogP contribution in [0.4, 0.5) is 0 Å². The van der Waals surface area contributed by atoms with Gasteiger partial charge in [-0.25, -0.2) is 0 Å². The van der Waals surface area contributed by atoms with E-state index in [1.807, 2.05) is 67.6 Å². The predicted octanol–water partition coefficient (Wildman–Crippen LogP) is 5.05. The van der Waals surface area contributed by atoms with Gasteiger partial charge in [-0.1, -0.05) is 87.9 Å². The van der Waals surface area contributed by atoms with Gasteiger partial charge in [0.2, 0.25) is 0 Å². The van der Waals surface area contributed by atoms with E-state index in [1.54, 1.807) is 0 Å². The molecule has 0 aromatic heterocycles. The summed E-state index contributed by atoms with van der Waals surface area (Å²) in [4.78, 5) is 15.9. The molecule has 1 unspecified atom stereocenters. The van der Waals surface area contributed by atoms with Gasteiger partial charge in [0.1, 0.15) is 11.5 Å². The molecule has 1 atom stereocenters. The van der Waals surface area contributed by atoms with E-state index in [9.17, 15) is 4.79 Å². The summed E-state index contributed by atoms with van der Waals surface area (Å²) in [5, 5.41) is 0. The SMILES string of the molecule is CCCC(C(=O)OC(C)CN(CC)CC)(c1ccccc1)c1ccccc1. The molecule has 3 nitrogen and oxygen atoms in total. The second-order valence-corrected chi connectivity index (χ2v) is 7.09. The van der Waals surface area contributed by atoms with Gasteiger partial charge in [0.15, 0.2) is 0 Å². The minimum Gasteiger partial charge on any atom is -0.460 e. The fraction of sp³-hybridized carbons (Fsp3) is 0.458. The Balaban J connectivity index is 2.41. The van der Waals surface area contributed by atoms with E-state index in [-0.39, 0.29) is 12.1 Å². The van der Waals surface area contributed by atoms with Crippen LogP contribution in [0.3, 0.4) is 0 Å². The molecule has 0 amide bonds. The van der Waals surface area contributed by atoms with Crippen molar-refractivity contribution < 1.29 is 9.53 Å². The number of carbonyl (C=O) groups is 1. The van der Waals surface area contributed by atoms with Gasteiger partial charge in [0.25, 0.3) is 0 Å². The van der Waals surface area contributed by atoms with Gasteiger partial charge in [0.05, 0.1) is 0 Å². The molecule has 0 heterocycles. The lowest BCUT2D eigenvalue weighted by Gasteiger charge is -2.34. The number of nitrogens with zero attached hydrogens (tertiary/aromatic N) is 1. The van der Waals surface area contributed by atoms with E-state index in [0.717, 1.165) is 43.6 Å². The lowest BCUT2D eigenvalue weighted by Crippen LogP contribution is -2.42. The van der Waals surface area contributed by atoms with E-state index in [1.165, 1.54) is 0 Å². The Hall–Kier alpha value is -2.13. The maximum absolute atomic E-state index is 13.6. The average molecular weight is 368 g/mol. The zero-order chi connectivity index (χ0) is 19.7. The molecule has 0 N–H and O–H groups in total. The number of hydrogen-bond donors (Lipinski definition) is 0. The highest BCUT2D eigenvalue weighted by molar-refractivity contribution is 5.87. The first-order valence-corrected chi connectivity index (χ1v) is 10.1. The number of benzene rings is 2. The summed E-state index contributed by atoms with van der Waals surface area (Å²) in [7, 11) is 0. The summed E-state index contributed by atoms with van der Waals surface area (Å²) in [6, 6.07) is 20.1. The van der Waals surface area contributed by atoms with E-state index < -0.39 is 5.41 Å². The van der Waals surface area contributed by atoms with Crippen LogP contribution in [0.15, 0.2) is 60.7 Å². The predicted molar refractivity (Wildman–Crippen MR) is 112 cm³/mol. The van der Waals surface area contributed by atoms with Crippen molar-refractivity contribution in [2.75, 3.05) is 19.6 Å². The molecule has 3 heteroatoms. The van der Waals surface area contributed by atoms with Gasteiger partial charge in [-0.15, -0.1) is 0 Å². The van der Waals surface area contributed by atoms with Crippen LogP contribution in [0.25, 0.3) is 0 Å². The fourth-order valence-electron chi connectivity index (χ4n) is 3.78. The van der Waals surface area contributed by atoms with Crippen LogP contribution in [0.1, 0.15) is 51.7 Å². The van der Waals surface area contributed by atoms with Crippen LogP contribution in [0, 0.1) is 0 Å². The number of rotatable bonds is 10. The van der Waals surface area contributed by atoms with Gasteiger partial charge in [-0.2, -0.15) is 0 Å². The maximum atomic E-state index is 13.6. The highest BCUT2D eigenvalue weighted by Gasteiger charge is 2.43. The summed E-state index contributed by atoms with van der Waals surface area (Å²) in [5.41, 5.74) is 1.23. The summed E-state index contributed by atoms with van der Waals surface area (Å²) < 4.78 is 6.03. The minimum absolute atomic E-state index is 0.151. The molecule has 0 aliphatic rings. The van der Waals surface area contributed by atoms with Gasteiger partial charge in [-0.3, -0.25) is 4.79 Å². The molecule has 27 heavy (non-hydrogen) atoms. The first-order chi connectivity index (χ1) is 13.1. The van der Waals surface area contributed by atoms with Gasteiger partial charge in [-0.05, 0) is 37.6 Å². The number of carbonyl (C=O) groups excluding carboxylic acids is 1. The van der Waals surface area contributed by atoms with Crippen LogP contribution in [0.5, 0.6) is 0 Å². The first kappa shape index (κ1) is 21.2. The average Bonchev–Trinajstić information content (AvgIpc) is 2.71. The molecular formula is C24H33NO2. The highest BCUT2D eigenvalue weighted by Crippen LogP contribution is 2.38. The van der Waals surface area contributed by atoms with Gasteiger partial charge >= 0.3 is 5.97 Å². The molecule has 0 saturated carbocycles. The van der Waals surface area contributed by atoms with Crippen LogP contribution in [0.2, 0.25) is 0 Å². The normalized spacial score (nSPS) is 12.8. The molecule has 0 aliphatic carbocycles. The zero-order valence-electron chi connectivity index (χ0n) is 17.2. The van der Waals surface area contributed by atoms with Crippen LogP contribution < -0.4 is 0 Å². The van der Waals surface area contributed by atoms with E-state index in [0.29, 0.717) is 0 Å². The van der Waals surface area contributed by atoms with Crippen molar-refractivity contribution in [1.82, 2.24) is 4.90 Å². The summed E-state index contributed by atoms with van der Waals surface area (Å²) >= 11 is 0. The van der Waals surface area contributed by atoms with Crippen molar-refractivity contribution in [3.05, 3.63) is 71.8 Å². The van der Waals surface area contributed by atoms with Gasteiger partial charge < -0.3 is 9.64 Å². The second kappa shape index (κ2) is 10.3. The van der Waals surface area contributed by atoms with Crippen molar-refractivity contribution in [2.24, 2.45) is 0 Å². The monoisotopic (exact) mass is 367 g/mol. The Morgan fingerprint density at radius 2 is 1.41 bits per heavy atom. The summed E-state index contributed by atoms with van der Waals surface area (Å²) in [5.74, 6) is -0.151. The molecule has 2 aromatic carbocycles. The molecule has 0 bridgehead atoms. The van der Waals surface area contributed by atoms with E-state index in [4.69, 9.17) is 4.74 Å². The zero-order valence-corrected chi connectivity index (χ0v) is 17.2. The standard InChI is InChI=1S/C24H33NO2/c1-5-18-24(21-14-10-8-11-15-21,22-16-12-9-13-17-22)23(26)27-20(4)19-25(6-2)7-3/h8-17,20H,5-7,18-19H2,1-4H3. The molecule has 0 radical (unpaired) electrons. The molecule has 0 spiro atoms. The maximum Gasteiger partial charge on any atom is 0.321 e. The van der Waals surface area contributed by atoms with Gasteiger partial charge in [0, 0.05) is 6.54 Å².